The van der Waals surface area contributed by atoms with Gasteiger partial charge in [-0.05, 0) is 33.8 Å². The highest BCUT2D eigenvalue weighted by atomic mass is 79.9. The van der Waals surface area contributed by atoms with E-state index in [2.05, 4.69) is 31.4 Å². The van der Waals surface area contributed by atoms with Crippen molar-refractivity contribution in [3.8, 4) is 0 Å². The van der Waals surface area contributed by atoms with Gasteiger partial charge in [-0.3, -0.25) is 14.7 Å². The molecule has 0 radical (unpaired) electrons. The number of H-pyrrole nitrogens is 1. The number of hydrogen-bond donors (Lipinski definition) is 2. The van der Waals surface area contributed by atoms with E-state index in [-0.39, 0.29) is 23.8 Å². The summed E-state index contributed by atoms with van der Waals surface area (Å²) in [4.78, 5) is 26.6. The number of rotatable bonds is 6. The molecule has 26 heavy (non-hydrogen) atoms. The number of carbonyl (C=O) groups is 2. The van der Waals surface area contributed by atoms with Gasteiger partial charge in [0.15, 0.2) is 5.69 Å². The lowest BCUT2D eigenvalue weighted by Gasteiger charge is -2.25. The fourth-order valence-corrected chi connectivity index (χ4v) is 3.95. The van der Waals surface area contributed by atoms with E-state index in [1.54, 1.807) is 0 Å². The number of nitrogens with one attached hydrogen (secondary N) is 2. The summed E-state index contributed by atoms with van der Waals surface area (Å²) < 4.78 is 0.689. The van der Waals surface area contributed by atoms with Gasteiger partial charge in [-0.15, -0.1) is 0 Å². The van der Waals surface area contributed by atoms with Crippen LogP contribution in [0.4, 0.5) is 0 Å². The van der Waals surface area contributed by atoms with Crippen LogP contribution in [-0.2, 0) is 4.79 Å². The van der Waals surface area contributed by atoms with Crippen molar-refractivity contribution in [2.45, 2.75) is 38.6 Å². The number of benzene rings is 1. The van der Waals surface area contributed by atoms with Crippen LogP contribution < -0.4 is 5.32 Å². The summed E-state index contributed by atoms with van der Waals surface area (Å²) in [5.41, 5.74) is 2.19. The lowest BCUT2D eigenvalue weighted by molar-refractivity contribution is -0.128. The molecule has 1 atom stereocenters. The Morgan fingerprint density at radius 2 is 2.08 bits per heavy atom. The first-order valence-corrected chi connectivity index (χ1v) is 9.64. The molecule has 1 fully saturated rings. The Labute approximate surface area is 161 Å². The molecule has 7 heteroatoms. The molecule has 0 spiro atoms. The fraction of sp³-hybridized carbons (Fsp3) is 0.421. The van der Waals surface area contributed by atoms with Crippen molar-refractivity contribution in [1.29, 1.82) is 0 Å². The molecule has 1 aromatic carbocycles. The molecular weight excluding hydrogens is 396 g/mol. The monoisotopic (exact) mass is 418 g/mol. The second-order valence-corrected chi connectivity index (χ2v) is 7.63. The van der Waals surface area contributed by atoms with Crippen LogP contribution in [0.25, 0.3) is 0 Å². The molecule has 1 aliphatic heterocycles. The van der Waals surface area contributed by atoms with Gasteiger partial charge >= 0.3 is 0 Å². The van der Waals surface area contributed by atoms with E-state index in [0.717, 1.165) is 24.2 Å². The molecule has 2 N–H and O–H groups in total. The number of hydrogen-bond acceptors (Lipinski definition) is 3. The first kappa shape index (κ1) is 18.6. The molecule has 1 saturated heterocycles. The maximum Gasteiger partial charge on any atom is 0.273 e. The van der Waals surface area contributed by atoms with E-state index < -0.39 is 0 Å². The Morgan fingerprint density at radius 3 is 2.65 bits per heavy atom. The van der Waals surface area contributed by atoms with E-state index in [0.29, 0.717) is 23.1 Å². The quantitative estimate of drug-likeness (QED) is 0.754. The molecule has 1 aromatic heterocycles. The standard InChI is InChI=1S/C19H23BrN4O2/c1-12(2)17-16(20)18(23-22-17)19(26)21-14(13-7-4-3-5-8-13)11-24-10-6-9-15(24)25/h3-5,7-8,12,14H,6,9-11H2,1-2H3,(H,21,26)(H,22,23). The molecule has 0 bridgehead atoms. The van der Waals surface area contributed by atoms with E-state index in [1.165, 1.54) is 0 Å². The third-order valence-electron chi connectivity index (χ3n) is 4.61. The number of likely N-dealkylation sites (tertiary alicyclic amines) is 1. The van der Waals surface area contributed by atoms with Crippen LogP contribution >= 0.6 is 15.9 Å². The topological polar surface area (TPSA) is 78.1 Å². The highest BCUT2D eigenvalue weighted by molar-refractivity contribution is 9.10. The summed E-state index contributed by atoms with van der Waals surface area (Å²) in [6, 6.07) is 9.44. The van der Waals surface area contributed by atoms with Gasteiger partial charge in [0.2, 0.25) is 5.91 Å². The molecule has 1 aliphatic rings. The second kappa shape index (κ2) is 8.03. The Balaban J connectivity index is 1.81. The van der Waals surface area contributed by atoms with Crippen molar-refractivity contribution in [3.05, 3.63) is 51.8 Å². The summed E-state index contributed by atoms with van der Waals surface area (Å²) >= 11 is 3.48. The average molecular weight is 419 g/mol. The lowest BCUT2D eigenvalue weighted by Crippen LogP contribution is -2.38. The Kier molecular flexibility index (Phi) is 5.76. The molecule has 1 unspecified atom stereocenters. The van der Waals surface area contributed by atoms with Gasteiger partial charge in [0.05, 0.1) is 16.2 Å². The smallest absolute Gasteiger partial charge is 0.273 e. The summed E-state index contributed by atoms with van der Waals surface area (Å²) in [5, 5.41) is 10.1. The number of carbonyl (C=O) groups excluding carboxylic acids is 2. The Hall–Kier alpha value is -2.15. The van der Waals surface area contributed by atoms with E-state index in [9.17, 15) is 9.59 Å². The van der Waals surface area contributed by atoms with Gasteiger partial charge < -0.3 is 10.2 Å². The lowest BCUT2D eigenvalue weighted by atomic mass is 10.1. The number of aromatic amines is 1. The highest BCUT2D eigenvalue weighted by Gasteiger charge is 2.27. The van der Waals surface area contributed by atoms with Crippen LogP contribution in [0.5, 0.6) is 0 Å². The largest absolute Gasteiger partial charge is 0.342 e. The van der Waals surface area contributed by atoms with Crippen molar-refractivity contribution < 1.29 is 9.59 Å². The molecule has 6 nitrogen and oxygen atoms in total. The first-order valence-electron chi connectivity index (χ1n) is 8.84. The fourth-order valence-electron chi connectivity index (χ4n) is 3.14. The summed E-state index contributed by atoms with van der Waals surface area (Å²) in [5.74, 6) is 0.106. The highest BCUT2D eigenvalue weighted by Crippen LogP contribution is 2.26. The van der Waals surface area contributed by atoms with Crippen LogP contribution in [-0.4, -0.2) is 40.0 Å². The van der Waals surface area contributed by atoms with Crippen LogP contribution in [0.15, 0.2) is 34.8 Å². The molecule has 2 amide bonds. The number of amides is 2. The van der Waals surface area contributed by atoms with Crippen LogP contribution in [0.1, 0.15) is 60.4 Å². The number of nitrogens with zero attached hydrogens (tertiary/aromatic N) is 2. The molecule has 0 aliphatic carbocycles. The zero-order valence-corrected chi connectivity index (χ0v) is 16.5. The molecule has 0 saturated carbocycles. The summed E-state index contributed by atoms with van der Waals surface area (Å²) in [7, 11) is 0. The van der Waals surface area contributed by atoms with Gasteiger partial charge in [0, 0.05) is 19.5 Å². The van der Waals surface area contributed by atoms with Crippen molar-refractivity contribution >= 4 is 27.7 Å². The number of halogens is 1. The zero-order valence-electron chi connectivity index (χ0n) is 15.0. The Morgan fingerprint density at radius 1 is 1.35 bits per heavy atom. The Bertz CT molecular complexity index is 788. The third-order valence-corrected chi connectivity index (χ3v) is 5.41. The second-order valence-electron chi connectivity index (χ2n) is 6.83. The van der Waals surface area contributed by atoms with Crippen LogP contribution in [0.3, 0.4) is 0 Å². The van der Waals surface area contributed by atoms with Gasteiger partial charge in [-0.2, -0.15) is 5.10 Å². The third kappa shape index (κ3) is 3.98. The predicted octanol–water partition coefficient (Wildman–Crippen LogP) is 3.39. The van der Waals surface area contributed by atoms with Crippen molar-refractivity contribution in [1.82, 2.24) is 20.4 Å². The minimum Gasteiger partial charge on any atom is -0.342 e. The van der Waals surface area contributed by atoms with Crippen LogP contribution in [0, 0.1) is 0 Å². The van der Waals surface area contributed by atoms with Crippen molar-refractivity contribution in [3.63, 3.8) is 0 Å². The summed E-state index contributed by atoms with van der Waals surface area (Å²) in [6.45, 7) is 5.27. The molecule has 2 aromatic rings. The van der Waals surface area contributed by atoms with Gasteiger partial charge in [-0.25, -0.2) is 0 Å². The number of aromatic nitrogens is 2. The maximum atomic E-state index is 12.8. The molecule has 138 valence electrons. The predicted molar refractivity (Wildman–Crippen MR) is 103 cm³/mol. The average Bonchev–Trinajstić information content (AvgIpc) is 3.21. The van der Waals surface area contributed by atoms with E-state index in [1.807, 2.05) is 49.1 Å². The maximum absolute atomic E-state index is 12.8. The molecule has 2 heterocycles. The zero-order chi connectivity index (χ0) is 18.7. The normalized spacial score (nSPS) is 15.5. The van der Waals surface area contributed by atoms with Crippen LogP contribution in [0.2, 0.25) is 0 Å². The molecule has 3 rings (SSSR count). The van der Waals surface area contributed by atoms with Crippen molar-refractivity contribution in [2.75, 3.05) is 13.1 Å². The SMILES string of the molecule is CC(C)c1[nH]nc(C(=O)NC(CN2CCCC2=O)c2ccccc2)c1Br. The minimum atomic E-state index is -0.281. The van der Waals surface area contributed by atoms with E-state index in [4.69, 9.17) is 0 Å². The molecular formula is C19H23BrN4O2. The first-order chi connectivity index (χ1) is 12.5. The van der Waals surface area contributed by atoms with Crippen molar-refractivity contribution in [2.24, 2.45) is 0 Å². The van der Waals surface area contributed by atoms with Gasteiger partial charge in [-0.1, -0.05) is 44.2 Å². The van der Waals surface area contributed by atoms with Gasteiger partial charge in [0.25, 0.3) is 5.91 Å². The summed E-state index contributed by atoms with van der Waals surface area (Å²) in [6.07, 6.45) is 1.45. The minimum absolute atomic E-state index is 0.142. The van der Waals surface area contributed by atoms with E-state index >= 15 is 0 Å². The van der Waals surface area contributed by atoms with Gasteiger partial charge in [0.1, 0.15) is 0 Å².